The molecule has 1 aliphatic rings. The Morgan fingerprint density at radius 3 is 2.63 bits per heavy atom. The molecular formula is C15H17FN2O. The van der Waals surface area contributed by atoms with Crippen molar-refractivity contribution in [1.29, 1.82) is 0 Å². The van der Waals surface area contributed by atoms with Crippen molar-refractivity contribution in [3.8, 4) is 5.75 Å². The van der Waals surface area contributed by atoms with E-state index in [0.29, 0.717) is 11.3 Å². The molecule has 0 atom stereocenters. The molecule has 0 saturated heterocycles. The highest BCUT2D eigenvalue weighted by molar-refractivity contribution is 5.79. The molecule has 1 heterocycles. The Labute approximate surface area is 112 Å². The van der Waals surface area contributed by atoms with Gasteiger partial charge in [0.1, 0.15) is 11.6 Å². The first-order valence-electron chi connectivity index (χ1n) is 6.10. The Bertz CT molecular complexity index is 588. The van der Waals surface area contributed by atoms with Crippen molar-refractivity contribution in [2.75, 3.05) is 7.05 Å². The van der Waals surface area contributed by atoms with Gasteiger partial charge in [0.05, 0.1) is 12.0 Å². The number of phenolic OH excluding ortho intramolecular Hbond substituents is 1. The largest absolute Gasteiger partial charge is 0.508 e. The molecule has 0 saturated carbocycles. The average Bonchev–Trinajstić information content (AvgIpc) is 2.35. The Balaban J connectivity index is 2.48. The third kappa shape index (κ3) is 2.52. The van der Waals surface area contributed by atoms with Crippen LogP contribution in [0, 0.1) is 5.82 Å². The predicted octanol–water partition coefficient (Wildman–Crippen LogP) is 3.48. The van der Waals surface area contributed by atoms with E-state index in [4.69, 9.17) is 0 Å². The van der Waals surface area contributed by atoms with Gasteiger partial charge in [0.2, 0.25) is 0 Å². The van der Waals surface area contributed by atoms with E-state index >= 15 is 0 Å². The van der Waals surface area contributed by atoms with Crippen molar-refractivity contribution in [1.82, 2.24) is 4.90 Å². The number of aromatic hydroxyl groups is 1. The van der Waals surface area contributed by atoms with E-state index < -0.39 is 0 Å². The van der Waals surface area contributed by atoms with Crippen LogP contribution >= 0.6 is 0 Å². The van der Waals surface area contributed by atoms with Crippen molar-refractivity contribution in [2.24, 2.45) is 4.99 Å². The van der Waals surface area contributed by atoms with Gasteiger partial charge < -0.3 is 10.0 Å². The van der Waals surface area contributed by atoms with Crippen LogP contribution < -0.4 is 0 Å². The molecule has 0 fully saturated rings. The second kappa shape index (κ2) is 4.88. The lowest BCUT2D eigenvalue weighted by atomic mass is 9.98. The van der Waals surface area contributed by atoms with E-state index in [1.54, 1.807) is 17.3 Å². The molecule has 0 bridgehead atoms. The van der Waals surface area contributed by atoms with Crippen LogP contribution in [0.3, 0.4) is 0 Å². The normalized spacial score (nSPS) is 15.1. The summed E-state index contributed by atoms with van der Waals surface area (Å²) in [5.41, 5.74) is 2.06. The van der Waals surface area contributed by atoms with Crippen molar-refractivity contribution >= 4 is 12.0 Å². The Hall–Kier alpha value is -2.10. The molecule has 1 aromatic rings. The van der Waals surface area contributed by atoms with Crippen LogP contribution in [0.5, 0.6) is 5.75 Å². The number of likely N-dealkylation sites (N-methyl/N-ethyl adjacent to an activating group) is 1. The van der Waals surface area contributed by atoms with Gasteiger partial charge >= 0.3 is 0 Å². The maximum absolute atomic E-state index is 14.1. The van der Waals surface area contributed by atoms with Gasteiger partial charge in [0.25, 0.3) is 0 Å². The quantitative estimate of drug-likeness (QED) is 0.883. The molecule has 1 aromatic carbocycles. The lowest BCUT2D eigenvalue weighted by Gasteiger charge is -2.19. The Kier molecular flexibility index (Phi) is 3.42. The number of hydrogen-bond acceptors (Lipinski definition) is 3. The Morgan fingerprint density at radius 1 is 1.37 bits per heavy atom. The van der Waals surface area contributed by atoms with Gasteiger partial charge in [0, 0.05) is 18.3 Å². The minimum absolute atomic E-state index is 0.0634. The third-order valence-electron chi connectivity index (χ3n) is 3.14. The van der Waals surface area contributed by atoms with E-state index in [1.807, 2.05) is 20.9 Å². The highest BCUT2D eigenvalue weighted by Gasteiger charge is 2.16. The molecule has 19 heavy (non-hydrogen) atoms. The zero-order valence-electron chi connectivity index (χ0n) is 11.3. The maximum Gasteiger partial charge on any atom is 0.133 e. The zero-order chi connectivity index (χ0) is 14.2. The van der Waals surface area contributed by atoms with Crippen LogP contribution in [0.15, 0.2) is 35.5 Å². The van der Waals surface area contributed by atoms with E-state index in [0.717, 1.165) is 5.70 Å². The molecule has 100 valence electrons. The number of rotatable bonds is 2. The number of halogens is 1. The lowest BCUT2D eigenvalue weighted by Crippen LogP contribution is -2.16. The fraction of sp³-hybridized carbons (Fsp3) is 0.267. The summed E-state index contributed by atoms with van der Waals surface area (Å²) in [6.07, 6.45) is 3.26. The maximum atomic E-state index is 14.1. The fourth-order valence-electron chi connectivity index (χ4n) is 1.90. The zero-order valence-corrected chi connectivity index (χ0v) is 11.3. The van der Waals surface area contributed by atoms with Gasteiger partial charge in [-0.05, 0) is 29.7 Å². The minimum atomic E-state index is -0.387. The molecule has 0 radical (unpaired) electrons. The molecule has 1 N–H and O–H groups in total. The Morgan fingerprint density at radius 2 is 2.05 bits per heavy atom. The first-order chi connectivity index (χ1) is 8.90. The smallest absolute Gasteiger partial charge is 0.133 e. The van der Waals surface area contributed by atoms with Crippen LogP contribution in [0.2, 0.25) is 0 Å². The number of nitrogens with zero attached hydrogens (tertiary/aromatic N) is 2. The minimum Gasteiger partial charge on any atom is -0.508 e. The van der Waals surface area contributed by atoms with Crippen molar-refractivity contribution < 1.29 is 9.50 Å². The molecule has 3 nitrogen and oxygen atoms in total. The second-order valence-electron chi connectivity index (χ2n) is 4.92. The number of aliphatic imine (C=N–C) groups is 1. The van der Waals surface area contributed by atoms with Crippen LogP contribution in [0.25, 0.3) is 5.70 Å². The summed E-state index contributed by atoms with van der Waals surface area (Å²) in [6, 6.07) is 2.79. The third-order valence-corrected chi connectivity index (χ3v) is 3.14. The summed E-state index contributed by atoms with van der Waals surface area (Å²) in [5.74, 6) is -0.234. The number of allylic oxidation sites excluding steroid dienone is 1. The molecule has 2 rings (SSSR count). The summed E-state index contributed by atoms with van der Waals surface area (Å²) >= 11 is 0. The standard InChI is InChI=1S/C15H17FN2O/c1-9(2)11-6-13(16)12(7-15(11)19)14-5-10(3)18(4)8-17-14/h5-9,19H,3H2,1-2,4H3. The molecule has 0 unspecified atom stereocenters. The topological polar surface area (TPSA) is 35.8 Å². The molecule has 0 amide bonds. The second-order valence-corrected chi connectivity index (χ2v) is 4.92. The highest BCUT2D eigenvalue weighted by atomic mass is 19.1. The summed E-state index contributed by atoms with van der Waals surface area (Å²) < 4.78 is 14.1. The van der Waals surface area contributed by atoms with E-state index in [2.05, 4.69) is 11.6 Å². The first-order valence-corrected chi connectivity index (χ1v) is 6.10. The van der Waals surface area contributed by atoms with Gasteiger partial charge in [-0.25, -0.2) is 9.38 Å². The number of benzene rings is 1. The summed E-state index contributed by atoms with van der Waals surface area (Å²) in [4.78, 5) is 5.90. The summed E-state index contributed by atoms with van der Waals surface area (Å²) in [6.45, 7) is 7.65. The van der Waals surface area contributed by atoms with E-state index in [-0.39, 0.29) is 23.0 Å². The predicted molar refractivity (Wildman–Crippen MR) is 75.5 cm³/mol. The van der Waals surface area contributed by atoms with E-state index in [1.165, 1.54) is 12.1 Å². The SMILES string of the molecule is C=C1C=C(c2cc(O)c(C(C)C)cc2F)N=CN1C. The lowest BCUT2D eigenvalue weighted by molar-refractivity contribution is 0.461. The first kappa shape index (κ1) is 13.3. The van der Waals surface area contributed by atoms with Gasteiger partial charge in [-0.3, -0.25) is 0 Å². The summed E-state index contributed by atoms with van der Waals surface area (Å²) in [5, 5.41) is 9.96. The highest BCUT2D eigenvalue weighted by Crippen LogP contribution is 2.32. The van der Waals surface area contributed by atoms with Crippen molar-refractivity contribution in [2.45, 2.75) is 19.8 Å². The van der Waals surface area contributed by atoms with Gasteiger partial charge in [-0.2, -0.15) is 0 Å². The van der Waals surface area contributed by atoms with Crippen LogP contribution in [-0.4, -0.2) is 23.4 Å². The monoisotopic (exact) mass is 260 g/mol. The molecule has 0 aromatic heterocycles. The van der Waals surface area contributed by atoms with E-state index in [9.17, 15) is 9.50 Å². The van der Waals surface area contributed by atoms with Crippen molar-refractivity contribution in [3.63, 3.8) is 0 Å². The van der Waals surface area contributed by atoms with Gasteiger partial charge in [-0.1, -0.05) is 20.4 Å². The molecule has 0 aliphatic carbocycles. The van der Waals surface area contributed by atoms with Crippen LogP contribution in [0.4, 0.5) is 4.39 Å². The summed E-state index contributed by atoms with van der Waals surface area (Å²) in [7, 11) is 1.81. The number of phenols is 1. The molecule has 1 aliphatic heterocycles. The fourth-order valence-corrected chi connectivity index (χ4v) is 1.90. The molecular weight excluding hydrogens is 243 g/mol. The average molecular weight is 260 g/mol. The van der Waals surface area contributed by atoms with Crippen molar-refractivity contribution in [3.05, 3.63) is 47.4 Å². The number of hydrogen-bond donors (Lipinski definition) is 1. The molecule has 0 spiro atoms. The van der Waals surface area contributed by atoms with Gasteiger partial charge in [-0.15, -0.1) is 0 Å². The van der Waals surface area contributed by atoms with Gasteiger partial charge in [0.15, 0.2) is 0 Å². The molecule has 4 heteroatoms. The van der Waals surface area contributed by atoms with Crippen LogP contribution in [0.1, 0.15) is 30.9 Å². The van der Waals surface area contributed by atoms with Crippen LogP contribution in [-0.2, 0) is 0 Å².